The highest BCUT2D eigenvalue weighted by Gasteiger charge is 2.09. The largest absolute Gasteiger partial charge is 0.497 e. The molecular formula is C18H21N3O3. The van der Waals surface area contributed by atoms with Gasteiger partial charge in [0.25, 0.3) is 0 Å². The van der Waals surface area contributed by atoms with Crippen molar-refractivity contribution in [2.75, 3.05) is 19.5 Å². The molecule has 0 bridgehead atoms. The maximum atomic E-state index is 12.1. The Kier molecular flexibility index (Phi) is 6.19. The highest BCUT2D eigenvalue weighted by atomic mass is 16.5. The first-order valence-corrected chi connectivity index (χ1v) is 7.58. The first-order valence-electron chi connectivity index (χ1n) is 7.58. The molecule has 0 heterocycles. The summed E-state index contributed by atoms with van der Waals surface area (Å²) in [4.78, 5) is 23.6. The Hall–Kier alpha value is -3.02. The molecule has 3 amide bonds. The van der Waals surface area contributed by atoms with Gasteiger partial charge in [-0.15, -0.1) is 0 Å². The smallest absolute Gasteiger partial charge is 0.319 e. The Labute approximate surface area is 141 Å². The normalized spacial score (nSPS) is 9.92. The lowest BCUT2D eigenvalue weighted by Gasteiger charge is -2.12. The van der Waals surface area contributed by atoms with Crippen molar-refractivity contribution in [3.8, 4) is 5.75 Å². The van der Waals surface area contributed by atoms with Gasteiger partial charge in [-0.3, -0.25) is 4.79 Å². The van der Waals surface area contributed by atoms with Crippen LogP contribution in [0, 0.1) is 0 Å². The summed E-state index contributed by atoms with van der Waals surface area (Å²) in [6, 6.07) is 14.4. The van der Waals surface area contributed by atoms with Crippen molar-refractivity contribution in [3.63, 3.8) is 0 Å². The van der Waals surface area contributed by atoms with Gasteiger partial charge in [0.2, 0.25) is 5.91 Å². The number of hydrogen-bond acceptors (Lipinski definition) is 3. The molecule has 0 aromatic heterocycles. The van der Waals surface area contributed by atoms with Crippen molar-refractivity contribution in [2.24, 2.45) is 0 Å². The molecule has 0 aliphatic rings. The molecule has 0 unspecified atom stereocenters. The van der Waals surface area contributed by atoms with Crippen LogP contribution in [0.3, 0.4) is 0 Å². The third kappa shape index (κ3) is 5.01. The number of nitrogens with one attached hydrogen (secondary N) is 3. The Bertz CT molecular complexity index is 699. The van der Waals surface area contributed by atoms with Crippen molar-refractivity contribution in [1.82, 2.24) is 10.6 Å². The number of carbonyl (C=O) groups is 2. The van der Waals surface area contributed by atoms with Crippen LogP contribution in [0.25, 0.3) is 0 Å². The van der Waals surface area contributed by atoms with Crippen LogP contribution < -0.4 is 20.7 Å². The molecule has 6 heteroatoms. The standard InChI is InChI=1S/C18H21N3O3/c1-19-17(22)11-14-5-3-4-6-16(14)21-18(23)20-12-13-7-9-15(24-2)10-8-13/h3-10H,11-12H2,1-2H3,(H,19,22)(H2,20,21,23). The van der Waals surface area contributed by atoms with E-state index in [1.807, 2.05) is 42.5 Å². The number of amides is 3. The Morgan fingerprint density at radius 2 is 1.75 bits per heavy atom. The summed E-state index contributed by atoms with van der Waals surface area (Å²) < 4.78 is 5.10. The summed E-state index contributed by atoms with van der Waals surface area (Å²) in [7, 11) is 3.19. The molecule has 0 aliphatic carbocycles. The van der Waals surface area contributed by atoms with Crippen molar-refractivity contribution >= 4 is 17.6 Å². The zero-order valence-electron chi connectivity index (χ0n) is 13.8. The lowest BCUT2D eigenvalue weighted by Crippen LogP contribution is -2.29. The SMILES string of the molecule is CNC(=O)Cc1ccccc1NC(=O)NCc1ccc(OC)cc1. The zero-order chi connectivity index (χ0) is 17.4. The van der Waals surface area contributed by atoms with E-state index in [9.17, 15) is 9.59 Å². The molecule has 0 atom stereocenters. The van der Waals surface area contributed by atoms with Crippen LogP contribution in [-0.2, 0) is 17.8 Å². The second-order valence-electron chi connectivity index (χ2n) is 5.16. The van der Waals surface area contributed by atoms with Crippen LogP contribution >= 0.6 is 0 Å². The Balaban J connectivity index is 1.93. The highest BCUT2D eigenvalue weighted by Crippen LogP contribution is 2.16. The van der Waals surface area contributed by atoms with Gasteiger partial charge in [0, 0.05) is 19.3 Å². The van der Waals surface area contributed by atoms with Gasteiger partial charge in [0.15, 0.2) is 0 Å². The van der Waals surface area contributed by atoms with Crippen LogP contribution in [0.2, 0.25) is 0 Å². The van der Waals surface area contributed by atoms with E-state index in [0.717, 1.165) is 16.9 Å². The molecule has 2 aromatic rings. The Morgan fingerprint density at radius 3 is 2.42 bits per heavy atom. The van der Waals surface area contributed by atoms with Gasteiger partial charge in [0.05, 0.1) is 13.5 Å². The van der Waals surface area contributed by atoms with E-state index in [2.05, 4.69) is 16.0 Å². The lowest BCUT2D eigenvalue weighted by molar-refractivity contribution is -0.119. The molecule has 0 fully saturated rings. The van der Waals surface area contributed by atoms with Crippen molar-refractivity contribution in [2.45, 2.75) is 13.0 Å². The van der Waals surface area contributed by atoms with Crippen LogP contribution in [0.1, 0.15) is 11.1 Å². The molecule has 0 aliphatic heterocycles. The zero-order valence-corrected chi connectivity index (χ0v) is 13.8. The Morgan fingerprint density at radius 1 is 1.04 bits per heavy atom. The number of carbonyl (C=O) groups excluding carboxylic acids is 2. The first kappa shape index (κ1) is 17.3. The second kappa shape index (κ2) is 8.57. The van der Waals surface area contributed by atoms with Gasteiger partial charge in [-0.2, -0.15) is 0 Å². The molecular weight excluding hydrogens is 306 g/mol. The lowest BCUT2D eigenvalue weighted by atomic mass is 10.1. The average Bonchev–Trinajstić information content (AvgIpc) is 2.62. The van der Waals surface area contributed by atoms with Gasteiger partial charge in [-0.25, -0.2) is 4.79 Å². The fourth-order valence-electron chi connectivity index (χ4n) is 2.15. The summed E-state index contributed by atoms with van der Waals surface area (Å²) in [6.45, 7) is 0.396. The molecule has 3 N–H and O–H groups in total. The van der Waals surface area contributed by atoms with Crippen LogP contribution in [0.4, 0.5) is 10.5 Å². The number of hydrogen-bond donors (Lipinski definition) is 3. The van der Waals surface area contributed by atoms with E-state index in [-0.39, 0.29) is 18.4 Å². The number of likely N-dealkylation sites (N-methyl/N-ethyl adjacent to an activating group) is 1. The van der Waals surface area contributed by atoms with Gasteiger partial charge in [-0.05, 0) is 29.3 Å². The summed E-state index contributed by atoms with van der Waals surface area (Å²) in [5.74, 6) is 0.661. The molecule has 126 valence electrons. The first-order chi connectivity index (χ1) is 11.6. The molecule has 0 saturated heterocycles. The fraction of sp³-hybridized carbons (Fsp3) is 0.222. The molecule has 0 radical (unpaired) electrons. The molecule has 6 nitrogen and oxygen atoms in total. The monoisotopic (exact) mass is 327 g/mol. The van der Waals surface area contributed by atoms with E-state index in [0.29, 0.717) is 12.2 Å². The summed E-state index contributed by atoms with van der Waals surface area (Å²) in [5, 5.41) is 8.14. The maximum absolute atomic E-state index is 12.1. The molecule has 0 saturated carbocycles. The number of anilines is 1. The number of rotatable bonds is 6. The molecule has 0 spiro atoms. The average molecular weight is 327 g/mol. The van der Waals surface area contributed by atoms with E-state index in [1.165, 1.54) is 0 Å². The summed E-state index contributed by atoms with van der Waals surface area (Å²) >= 11 is 0. The van der Waals surface area contributed by atoms with Crippen LogP contribution in [-0.4, -0.2) is 26.1 Å². The predicted octanol–water partition coefficient (Wildman–Crippen LogP) is 2.31. The predicted molar refractivity (Wildman–Crippen MR) is 93.1 cm³/mol. The van der Waals surface area contributed by atoms with Crippen LogP contribution in [0.15, 0.2) is 48.5 Å². The van der Waals surface area contributed by atoms with Gasteiger partial charge in [0.1, 0.15) is 5.75 Å². The molecule has 24 heavy (non-hydrogen) atoms. The number of urea groups is 1. The molecule has 2 rings (SSSR count). The maximum Gasteiger partial charge on any atom is 0.319 e. The minimum absolute atomic E-state index is 0.108. The van der Waals surface area contributed by atoms with Crippen molar-refractivity contribution < 1.29 is 14.3 Å². The number of methoxy groups -OCH3 is 1. The van der Waals surface area contributed by atoms with Crippen molar-refractivity contribution in [3.05, 3.63) is 59.7 Å². The van der Waals surface area contributed by atoms with Gasteiger partial charge < -0.3 is 20.7 Å². The fourth-order valence-corrected chi connectivity index (χ4v) is 2.15. The number of benzene rings is 2. The van der Waals surface area contributed by atoms with Crippen molar-refractivity contribution in [1.29, 1.82) is 0 Å². The summed E-state index contributed by atoms with van der Waals surface area (Å²) in [6.07, 6.45) is 0.214. The quantitative estimate of drug-likeness (QED) is 0.762. The highest BCUT2D eigenvalue weighted by molar-refractivity contribution is 5.91. The third-order valence-corrected chi connectivity index (χ3v) is 3.51. The third-order valence-electron chi connectivity index (χ3n) is 3.51. The topological polar surface area (TPSA) is 79.5 Å². The van der Waals surface area contributed by atoms with E-state index in [4.69, 9.17) is 4.74 Å². The van der Waals surface area contributed by atoms with Gasteiger partial charge in [-0.1, -0.05) is 30.3 Å². The number of para-hydroxylation sites is 1. The second-order valence-corrected chi connectivity index (χ2v) is 5.16. The van der Waals surface area contributed by atoms with E-state index >= 15 is 0 Å². The van der Waals surface area contributed by atoms with E-state index < -0.39 is 0 Å². The number of ether oxygens (including phenoxy) is 1. The van der Waals surface area contributed by atoms with Crippen LogP contribution in [0.5, 0.6) is 5.75 Å². The summed E-state index contributed by atoms with van der Waals surface area (Å²) in [5.41, 5.74) is 2.34. The minimum atomic E-state index is -0.324. The molecule has 2 aromatic carbocycles. The minimum Gasteiger partial charge on any atom is -0.497 e. The van der Waals surface area contributed by atoms with Gasteiger partial charge >= 0.3 is 6.03 Å². The van der Waals surface area contributed by atoms with E-state index in [1.54, 1.807) is 20.2 Å².